The molecule has 0 amide bonds. The van der Waals surface area contributed by atoms with Crippen LogP contribution in [0, 0.1) is 6.92 Å². The molecule has 2 nitrogen and oxygen atoms in total. The van der Waals surface area contributed by atoms with Crippen LogP contribution >= 0.6 is 34.7 Å². The molecule has 0 radical (unpaired) electrons. The Hall–Kier alpha value is -0.120. The fraction of sp³-hybridized carbons (Fsp3) is 0.200. The first kappa shape index (κ1) is 7.98. The lowest BCUT2D eigenvalue weighted by Crippen LogP contribution is -1.85. The van der Waals surface area contributed by atoms with Gasteiger partial charge in [-0.1, -0.05) is 11.6 Å². The Labute approximate surface area is 71.9 Å². The number of aromatic nitrogens is 1. The van der Waals surface area contributed by atoms with Crippen molar-refractivity contribution in [2.75, 3.05) is 0 Å². The molecule has 0 N–H and O–H groups in total. The third-order valence-corrected chi connectivity index (χ3v) is 2.76. The zero-order valence-electron chi connectivity index (χ0n) is 5.02. The first-order chi connectivity index (χ1) is 4.63. The van der Waals surface area contributed by atoms with E-state index in [1.807, 2.05) is 0 Å². The van der Waals surface area contributed by atoms with E-state index in [-0.39, 0.29) is 0 Å². The van der Waals surface area contributed by atoms with Crippen molar-refractivity contribution in [3.8, 4) is 0 Å². The fourth-order valence-corrected chi connectivity index (χ4v) is 1.61. The summed E-state index contributed by atoms with van der Waals surface area (Å²) >= 11 is 11.8. The summed E-state index contributed by atoms with van der Waals surface area (Å²) < 4.78 is 3.74. The molecular formula is C5H3Cl2NOS. The van der Waals surface area contributed by atoms with Gasteiger partial charge >= 0.3 is 0 Å². The predicted molar refractivity (Wildman–Crippen MR) is 42.0 cm³/mol. The van der Waals surface area contributed by atoms with Crippen molar-refractivity contribution in [1.82, 2.24) is 4.37 Å². The van der Waals surface area contributed by atoms with Gasteiger partial charge in [0.1, 0.15) is 10.0 Å². The topological polar surface area (TPSA) is 30.0 Å². The van der Waals surface area contributed by atoms with Gasteiger partial charge in [-0.15, -0.1) is 0 Å². The summed E-state index contributed by atoms with van der Waals surface area (Å²) in [6.45, 7) is 1.71. The molecular weight excluding hydrogens is 193 g/mol. The molecule has 5 heteroatoms. The number of hydrogen-bond acceptors (Lipinski definition) is 3. The molecule has 1 aromatic heterocycles. The predicted octanol–water partition coefficient (Wildman–Crippen LogP) is 2.48. The van der Waals surface area contributed by atoms with Crippen LogP contribution < -0.4 is 0 Å². The second-order valence-electron chi connectivity index (χ2n) is 1.70. The van der Waals surface area contributed by atoms with Gasteiger partial charge in [0.2, 0.25) is 0 Å². The molecule has 1 heterocycles. The fourth-order valence-electron chi connectivity index (χ4n) is 0.500. The van der Waals surface area contributed by atoms with E-state index in [1.54, 1.807) is 6.92 Å². The van der Waals surface area contributed by atoms with Crippen molar-refractivity contribution >= 4 is 40.0 Å². The smallest absolute Gasteiger partial charge is 0.264 e. The van der Waals surface area contributed by atoms with Crippen LogP contribution in [-0.4, -0.2) is 9.62 Å². The number of hydrogen-bond donors (Lipinski definition) is 0. The Balaban J connectivity index is 3.17. The maximum atomic E-state index is 10.6. The average molecular weight is 196 g/mol. The number of carbonyl (C=O) groups is 1. The Morgan fingerprint density at radius 3 is 2.50 bits per heavy atom. The first-order valence-corrected chi connectivity index (χ1v) is 3.97. The Morgan fingerprint density at radius 1 is 1.70 bits per heavy atom. The number of halogens is 2. The second-order valence-corrected chi connectivity index (χ2v) is 3.18. The van der Waals surface area contributed by atoms with Gasteiger partial charge < -0.3 is 0 Å². The maximum absolute atomic E-state index is 10.6. The average Bonchev–Trinajstić information content (AvgIpc) is 2.14. The van der Waals surface area contributed by atoms with Crippen LogP contribution in [0.3, 0.4) is 0 Å². The van der Waals surface area contributed by atoms with Crippen molar-refractivity contribution in [3.05, 3.63) is 15.6 Å². The summed E-state index contributed by atoms with van der Waals surface area (Å²) in [4.78, 5) is 11.0. The maximum Gasteiger partial charge on any atom is 0.264 e. The lowest BCUT2D eigenvalue weighted by molar-refractivity contribution is 0.108. The van der Waals surface area contributed by atoms with Crippen LogP contribution in [0.5, 0.6) is 0 Å². The summed E-state index contributed by atoms with van der Waals surface area (Å²) in [7, 11) is 0. The zero-order valence-corrected chi connectivity index (χ0v) is 7.35. The second kappa shape index (κ2) is 2.86. The highest BCUT2D eigenvalue weighted by molar-refractivity contribution is 7.10. The molecule has 1 rings (SSSR count). The Bertz CT molecular complexity index is 271. The van der Waals surface area contributed by atoms with Gasteiger partial charge in [0, 0.05) is 5.56 Å². The summed E-state index contributed by atoms with van der Waals surface area (Å²) in [5.41, 5.74) is 0.659. The molecule has 1 aromatic rings. The molecule has 0 aromatic carbocycles. The SMILES string of the molecule is Cc1c(Cl)nsc1C(=O)Cl. The highest BCUT2D eigenvalue weighted by atomic mass is 35.5. The minimum absolute atomic E-state index is 0.356. The molecule has 0 bridgehead atoms. The molecule has 0 spiro atoms. The van der Waals surface area contributed by atoms with Crippen molar-refractivity contribution in [3.63, 3.8) is 0 Å². The minimum atomic E-state index is -0.498. The number of rotatable bonds is 1. The molecule has 0 aliphatic rings. The van der Waals surface area contributed by atoms with E-state index in [9.17, 15) is 4.79 Å². The van der Waals surface area contributed by atoms with E-state index < -0.39 is 5.24 Å². The lowest BCUT2D eigenvalue weighted by atomic mass is 10.3. The minimum Gasteiger partial charge on any atom is -0.275 e. The monoisotopic (exact) mass is 195 g/mol. The number of nitrogens with zero attached hydrogens (tertiary/aromatic N) is 1. The van der Waals surface area contributed by atoms with E-state index in [4.69, 9.17) is 23.2 Å². The largest absolute Gasteiger partial charge is 0.275 e. The van der Waals surface area contributed by atoms with Gasteiger partial charge in [0.25, 0.3) is 5.24 Å². The molecule has 10 heavy (non-hydrogen) atoms. The van der Waals surface area contributed by atoms with Gasteiger partial charge in [-0.3, -0.25) is 4.79 Å². The summed E-state index contributed by atoms with van der Waals surface area (Å²) in [6.07, 6.45) is 0. The van der Waals surface area contributed by atoms with E-state index in [1.165, 1.54) is 0 Å². The first-order valence-electron chi connectivity index (χ1n) is 2.44. The normalized spacial score (nSPS) is 9.90. The highest BCUT2D eigenvalue weighted by Crippen LogP contribution is 2.23. The molecule has 0 saturated carbocycles. The summed E-state index contributed by atoms with van der Waals surface area (Å²) in [5, 5.41) is -0.143. The van der Waals surface area contributed by atoms with E-state index >= 15 is 0 Å². The van der Waals surface area contributed by atoms with Crippen LogP contribution in [-0.2, 0) is 0 Å². The molecule has 54 valence electrons. The molecule has 0 atom stereocenters. The quantitative estimate of drug-likeness (QED) is 0.645. The van der Waals surface area contributed by atoms with Crippen LogP contribution in [0.25, 0.3) is 0 Å². The third-order valence-electron chi connectivity index (χ3n) is 1.05. The van der Waals surface area contributed by atoms with Crippen molar-refractivity contribution in [1.29, 1.82) is 0 Å². The third kappa shape index (κ3) is 1.31. The van der Waals surface area contributed by atoms with Crippen molar-refractivity contribution in [2.24, 2.45) is 0 Å². The number of carbonyl (C=O) groups excluding carboxylic acids is 1. The van der Waals surface area contributed by atoms with E-state index in [2.05, 4.69) is 4.37 Å². The lowest BCUT2D eigenvalue weighted by Gasteiger charge is -1.85. The Morgan fingerprint density at radius 2 is 2.30 bits per heavy atom. The Kier molecular flexibility index (Phi) is 2.28. The molecule has 0 fully saturated rings. The molecule has 0 saturated heterocycles. The summed E-state index contributed by atoms with van der Waals surface area (Å²) in [6, 6.07) is 0. The van der Waals surface area contributed by atoms with Gasteiger partial charge in [0.15, 0.2) is 0 Å². The van der Waals surface area contributed by atoms with Gasteiger partial charge in [-0.05, 0) is 30.1 Å². The van der Waals surface area contributed by atoms with Crippen LogP contribution in [0.1, 0.15) is 15.2 Å². The van der Waals surface area contributed by atoms with Gasteiger partial charge in [-0.25, -0.2) is 0 Å². The highest BCUT2D eigenvalue weighted by Gasteiger charge is 2.12. The van der Waals surface area contributed by atoms with Gasteiger partial charge in [0.05, 0.1) is 0 Å². The zero-order chi connectivity index (χ0) is 7.72. The standard InChI is InChI=1S/C5H3Cl2NOS/c1-2-3(5(7)9)10-8-4(2)6/h1H3. The van der Waals surface area contributed by atoms with Crippen LogP contribution in [0.2, 0.25) is 5.15 Å². The summed E-state index contributed by atoms with van der Waals surface area (Å²) in [5.74, 6) is 0. The van der Waals surface area contributed by atoms with Crippen molar-refractivity contribution in [2.45, 2.75) is 6.92 Å². The molecule has 0 unspecified atom stereocenters. The van der Waals surface area contributed by atoms with Gasteiger partial charge in [-0.2, -0.15) is 4.37 Å². The van der Waals surface area contributed by atoms with Crippen LogP contribution in [0.15, 0.2) is 0 Å². The van der Waals surface area contributed by atoms with E-state index in [0.29, 0.717) is 15.6 Å². The van der Waals surface area contributed by atoms with E-state index in [0.717, 1.165) is 11.5 Å². The van der Waals surface area contributed by atoms with Crippen LogP contribution in [0.4, 0.5) is 0 Å². The molecule has 0 aliphatic carbocycles. The molecule has 0 aliphatic heterocycles. The van der Waals surface area contributed by atoms with Crippen molar-refractivity contribution < 1.29 is 4.79 Å².